The molecular formula is C28H30N4O2. The van der Waals surface area contributed by atoms with Crippen LogP contribution in [-0.2, 0) is 11.2 Å². The quantitative estimate of drug-likeness (QED) is 0.360. The van der Waals surface area contributed by atoms with Crippen LogP contribution in [0.5, 0.6) is 0 Å². The van der Waals surface area contributed by atoms with E-state index in [2.05, 4.69) is 15.6 Å². The Morgan fingerprint density at radius 2 is 1.65 bits per heavy atom. The average Bonchev–Trinajstić information content (AvgIpc) is 3.26. The zero-order valence-electron chi connectivity index (χ0n) is 19.7. The van der Waals surface area contributed by atoms with E-state index in [4.69, 9.17) is 4.98 Å². The normalized spacial score (nSPS) is 12.9. The summed E-state index contributed by atoms with van der Waals surface area (Å²) in [5.41, 5.74) is 4.37. The van der Waals surface area contributed by atoms with Crippen molar-refractivity contribution in [1.29, 1.82) is 0 Å². The number of para-hydroxylation sites is 2. The minimum atomic E-state index is -0.685. The third kappa shape index (κ3) is 5.52. The van der Waals surface area contributed by atoms with E-state index in [-0.39, 0.29) is 23.8 Å². The lowest BCUT2D eigenvalue weighted by molar-refractivity contribution is -0.124. The van der Waals surface area contributed by atoms with E-state index in [0.29, 0.717) is 17.8 Å². The molecule has 3 N–H and O–H groups in total. The highest BCUT2D eigenvalue weighted by molar-refractivity contribution is 5.97. The molecule has 4 aromatic rings. The van der Waals surface area contributed by atoms with E-state index < -0.39 is 6.04 Å². The molecule has 4 rings (SSSR count). The molecule has 6 nitrogen and oxygen atoms in total. The summed E-state index contributed by atoms with van der Waals surface area (Å²) >= 11 is 0. The van der Waals surface area contributed by atoms with Crippen LogP contribution in [0.1, 0.15) is 47.2 Å². The number of rotatable bonds is 8. The number of amides is 2. The van der Waals surface area contributed by atoms with Gasteiger partial charge in [0.05, 0.1) is 17.1 Å². The Kier molecular flexibility index (Phi) is 7.07. The summed E-state index contributed by atoms with van der Waals surface area (Å²) in [5, 5.41) is 6.07. The van der Waals surface area contributed by atoms with Crippen LogP contribution in [0, 0.1) is 12.8 Å². The molecule has 1 heterocycles. The van der Waals surface area contributed by atoms with Crippen LogP contribution in [-0.4, -0.2) is 27.8 Å². The SMILES string of the molecule is Cc1cccc(C(=O)N[C@H](C(=O)N[C@@H](Cc2ccccc2)c2nc3ccccc3[nH]2)C(C)C)c1. The molecule has 0 aliphatic rings. The van der Waals surface area contributed by atoms with Crippen LogP contribution in [0.3, 0.4) is 0 Å². The molecule has 0 spiro atoms. The van der Waals surface area contributed by atoms with Crippen molar-refractivity contribution in [1.82, 2.24) is 20.6 Å². The van der Waals surface area contributed by atoms with Crippen LogP contribution >= 0.6 is 0 Å². The van der Waals surface area contributed by atoms with Crippen LogP contribution < -0.4 is 10.6 Å². The second kappa shape index (κ2) is 10.3. The summed E-state index contributed by atoms with van der Waals surface area (Å²) in [6.45, 7) is 5.78. The van der Waals surface area contributed by atoms with Gasteiger partial charge >= 0.3 is 0 Å². The minimum absolute atomic E-state index is 0.0955. The summed E-state index contributed by atoms with van der Waals surface area (Å²) in [4.78, 5) is 34.4. The summed E-state index contributed by atoms with van der Waals surface area (Å²) in [7, 11) is 0. The van der Waals surface area contributed by atoms with Crippen molar-refractivity contribution in [2.24, 2.45) is 5.92 Å². The van der Waals surface area contributed by atoms with Gasteiger partial charge in [-0.1, -0.05) is 74.0 Å². The van der Waals surface area contributed by atoms with E-state index in [1.807, 2.05) is 93.6 Å². The molecule has 174 valence electrons. The summed E-state index contributed by atoms with van der Waals surface area (Å²) < 4.78 is 0. The number of aromatic nitrogens is 2. The third-order valence-electron chi connectivity index (χ3n) is 5.85. The average molecular weight is 455 g/mol. The third-order valence-corrected chi connectivity index (χ3v) is 5.85. The number of carbonyl (C=O) groups excluding carboxylic acids is 2. The fourth-order valence-electron chi connectivity index (χ4n) is 4.01. The number of imidazole rings is 1. The molecule has 0 radical (unpaired) electrons. The van der Waals surface area contributed by atoms with Crippen molar-refractivity contribution in [2.45, 2.75) is 39.3 Å². The first-order valence-electron chi connectivity index (χ1n) is 11.6. The number of H-pyrrole nitrogens is 1. The molecule has 2 atom stereocenters. The van der Waals surface area contributed by atoms with E-state index in [0.717, 1.165) is 22.2 Å². The number of benzene rings is 3. The Morgan fingerprint density at radius 1 is 0.912 bits per heavy atom. The molecule has 3 aromatic carbocycles. The number of aryl methyl sites for hydroxylation is 1. The molecule has 0 aliphatic carbocycles. The fraction of sp³-hybridized carbons (Fsp3) is 0.250. The number of nitrogens with one attached hydrogen (secondary N) is 3. The standard InChI is InChI=1S/C28H30N4O2/c1-18(2)25(32-27(33)21-13-9-10-19(3)16-21)28(34)31-24(17-20-11-5-4-6-12-20)26-29-22-14-7-8-15-23(22)30-26/h4-16,18,24-25H,17H2,1-3H3,(H,29,30)(H,31,34)(H,32,33)/t24-,25-/m0/s1. The molecule has 2 amide bonds. The predicted octanol–water partition coefficient (Wildman–Crippen LogP) is 4.73. The second-order valence-electron chi connectivity index (χ2n) is 8.95. The van der Waals surface area contributed by atoms with Gasteiger partial charge in [-0.15, -0.1) is 0 Å². The maximum atomic E-state index is 13.4. The summed E-state index contributed by atoms with van der Waals surface area (Å²) in [6.07, 6.45) is 0.572. The lowest BCUT2D eigenvalue weighted by Gasteiger charge is -2.25. The highest BCUT2D eigenvalue weighted by Gasteiger charge is 2.28. The number of fused-ring (bicyclic) bond motifs is 1. The molecule has 0 aliphatic heterocycles. The van der Waals surface area contributed by atoms with Gasteiger partial charge in [0.2, 0.25) is 5.91 Å². The number of carbonyl (C=O) groups is 2. The lowest BCUT2D eigenvalue weighted by atomic mass is 10.0. The van der Waals surface area contributed by atoms with Gasteiger partial charge in [0.1, 0.15) is 11.9 Å². The fourth-order valence-corrected chi connectivity index (χ4v) is 4.01. The number of hydrogen-bond acceptors (Lipinski definition) is 3. The Morgan fingerprint density at radius 3 is 2.35 bits per heavy atom. The van der Waals surface area contributed by atoms with Crippen molar-refractivity contribution < 1.29 is 9.59 Å². The van der Waals surface area contributed by atoms with Crippen molar-refractivity contribution in [3.63, 3.8) is 0 Å². The number of nitrogens with zero attached hydrogens (tertiary/aromatic N) is 1. The van der Waals surface area contributed by atoms with Crippen LogP contribution in [0.15, 0.2) is 78.9 Å². The summed E-state index contributed by atoms with van der Waals surface area (Å²) in [5.74, 6) is 0.0889. The highest BCUT2D eigenvalue weighted by atomic mass is 16.2. The van der Waals surface area contributed by atoms with Crippen molar-refractivity contribution in [3.8, 4) is 0 Å². The van der Waals surface area contributed by atoms with Gasteiger partial charge in [-0.25, -0.2) is 4.98 Å². The highest BCUT2D eigenvalue weighted by Crippen LogP contribution is 2.20. The van der Waals surface area contributed by atoms with Gasteiger partial charge < -0.3 is 15.6 Å². The van der Waals surface area contributed by atoms with E-state index >= 15 is 0 Å². The van der Waals surface area contributed by atoms with Crippen molar-refractivity contribution in [3.05, 3.63) is 101 Å². The Balaban J connectivity index is 1.58. The Bertz CT molecular complexity index is 1250. The van der Waals surface area contributed by atoms with Crippen LogP contribution in [0.2, 0.25) is 0 Å². The van der Waals surface area contributed by atoms with Gasteiger partial charge in [-0.05, 0) is 49.1 Å². The number of hydrogen-bond donors (Lipinski definition) is 3. The van der Waals surface area contributed by atoms with Gasteiger partial charge in [0.15, 0.2) is 0 Å². The van der Waals surface area contributed by atoms with Crippen LogP contribution in [0.4, 0.5) is 0 Å². The summed E-state index contributed by atoms with van der Waals surface area (Å²) in [6, 6.07) is 24.1. The van der Waals surface area contributed by atoms with E-state index in [9.17, 15) is 9.59 Å². The zero-order valence-corrected chi connectivity index (χ0v) is 19.7. The number of aromatic amines is 1. The molecule has 6 heteroatoms. The smallest absolute Gasteiger partial charge is 0.251 e. The van der Waals surface area contributed by atoms with Crippen LogP contribution in [0.25, 0.3) is 11.0 Å². The molecular weight excluding hydrogens is 424 g/mol. The Hall–Kier alpha value is -3.93. The van der Waals surface area contributed by atoms with Gasteiger partial charge in [0, 0.05) is 5.56 Å². The molecule has 34 heavy (non-hydrogen) atoms. The topological polar surface area (TPSA) is 86.9 Å². The lowest BCUT2D eigenvalue weighted by Crippen LogP contribution is -2.50. The molecule has 0 unspecified atom stereocenters. The molecule has 0 saturated heterocycles. The predicted molar refractivity (Wildman–Crippen MR) is 134 cm³/mol. The molecule has 0 bridgehead atoms. The maximum Gasteiger partial charge on any atom is 0.251 e. The van der Waals surface area contributed by atoms with Crippen molar-refractivity contribution in [2.75, 3.05) is 0 Å². The van der Waals surface area contributed by atoms with Gasteiger partial charge in [-0.2, -0.15) is 0 Å². The molecule has 1 aromatic heterocycles. The maximum absolute atomic E-state index is 13.4. The monoisotopic (exact) mass is 454 g/mol. The molecule has 0 fully saturated rings. The Labute approximate surface area is 199 Å². The largest absolute Gasteiger partial charge is 0.344 e. The first-order chi connectivity index (χ1) is 16.4. The van der Waals surface area contributed by atoms with E-state index in [1.165, 1.54) is 0 Å². The first-order valence-corrected chi connectivity index (χ1v) is 11.6. The van der Waals surface area contributed by atoms with E-state index in [1.54, 1.807) is 6.07 Å². The van der Waals surface area contributed by atoms with Gasteiger partial charge in [0.25, 0.3) is 5.91 Å². The van der Waals surface area contributed by atoms with Crippen molar-refractivity contribution >= 4 is 22.8 Å². The first kappa shape index (κ1) is 23.2. The second-order valence-corrected chi connectivity index (χ2v) is 8.95. The van der Waals surface area contributed by atoms with Gasteiger partial charge in [-0.3, -0.25) is 9.59 Å². The molecule has 0 saturated carbocycles. The minimum Gasteiger partial charge on any atom is -0.344 e. The zero-order chi connectivity index (χ0) is 24.1.